The molecule has 0 radical (unpaired) electrons. The summed E-state index contributed by atoms with van der Waals surface area (Å²) < 4.78 is 6.02. The first kappa shape index (κ1) is 17.0. The summed E-state index contributed by atoms with van der Waals surface area (Å²) in [5.41, 5.74) is 2.65. The van der Waals surface area contributed by atoms with Crippen molar-refractivity contribution >= 4 is 0 Å². The van der Waals surface area contributed by atoms with Gasteiger partial charge >= 0.3 is 0 Å². The Bertz CT molecular complexity index is 402. The van der Waals surface area contributed by atoms with E-state index in [0.29, 0.717) is 6.04 Å². The van der Waals surface area contributed by atoms with Crippen LogP contribution in [-0.2, 0) is 5.41 Å². The summed E-state index contributed by atoms with van der Waals surface area (Å²) in [6.07, 6.45) is 2.35. The number of hydrogen-bond donors (Lipinski definition) is 1. The Hall–Kier alpha value is -1.02. The average Bonchev–Trinajstić information content (AvgIpc) is 2.37. The van der Waals surface area contributed by atoms with Crippen LogP contribution >= 0.6 is 0 Å². The Kier molecular flexibility index (Phi) is 6.54. The molecule has 0 fully saturated rings. The molecular weight excluding hydrogens is 246 g/mol. The van der Waals surface area contributed by atoms with Crippen molar-refractivity contribution in [2.45, 2.75) is 65.8 Å². The van der Waals surface area contributed by atoms with Crippen LogP contribution in [0.25, 0.3) is 0 Å². The van der Waals surface area contributed by atoms with Gasteiger partial charge in [-0.15, -0.1) is 0 Å². The molecule has 0 amide bonds. The molecule has 1 N–H and O–H groups in total. The molecule has 114 valence electrons. The Labute approximate surface area is 124 Å². The van der Waals surface area contributed by atoms with Crippen molar-refractivity contribution in [1.82, 2.24) is 5.32 Å². The van der Waals surface area contributed by atoms with Crippen LogP contribution in [0.5, 0.6) is 5.75 Å². The van der Waals surface area contributed by atoms with E-state index in [9.17, 15) is 0 Å². The summed E-state index contributed by atoms with van der Waals surface area (Å²) in [6.45, 7) is 14.9. The maximum atomic E-state index is 6.02. The van der Waals surface area contributed by atoms with Gasteiger partial charge in [0.15, 0.2) is 0 Å². The Morgan fingerprint density at radius 2 is 1.80 bits per heavy atom. The third-order valence-corrected chi connectivity index (χ3v) is 3.72. The van der Waals surface area contributed by atoms with Gasteiger partial charge in [-0.3, -0.25) is 0 Å². The Morgan fingerprint density at radius 3 is 2.35 bits per heavy atom. The van der Waals surface area contributed by atoms with E-state index in [1.807, 2.05) is 0 Å². The fourth-order valence-electron chi connectivity index (χ4n) is 2.37. The molecule has 0 aliphatic heterocycles. The number of nitrogens with one attached hydrogen (secondary N) is 1. The van der Waals surface area contributed by atoms with Crippen LogP contribution in [0.15, 0.2) is 18.2 Å². The number of aryl methyl sites for hydroxylation is 1. The van der Waals surface area contributed by atoms with Crippen LogP contribution in [-0.4, -0.2) is 19.2 Å². The van der Waals surface area contributed by atoms with E-state index in [-0.39, 0.29) is 5.41 Å². The lowest BCUT2D eigenvalue weighted by Crippen LogP contribution is -2.31. The first-order chi connectivity index (χ1) is 9.38. The van der Waals surface area contributed by atoms with Gasteiger partial charge in [-0.1, -0.05) is 46.8 Å². The lowest BCUT2D eigenvalue weighted by molar-refractivity contribution is 0.295. The highest BCUT2D eigenvalue weighted by Crippen LogP contribution is 2.31. The number of hydrogen-bond acceptors (Lipinski definition) is 2. The Balaban J connectivity index is 2.61. The zero-order valence-electron chi connectivity index (χ0n) is 14.0. The molecule has 1 rings (SSSR count). The topological polar surface area (TPSA) is 21.3 Å². The zero-order valence-corrected chi connectivity index (χ0v) is 14.0. The van der Waals surface area contributed by atoms with Crippen molar-refractivity contribution in [1.29, 1.82) is 0 Å². The van der Waals surface area contributed by atoms with Crippen LogP contribution < -0.4 is 10.1 Å². The minimum Gasteiger partial charge on any atom is -0.492 e. The smallest absolute Gasteiger partial charge is 0.123 e. The normalized spacial score (nSPS) is 11.9. The molecule has 1 aromatic carbocycles. The summed E-state index contributed by atoms with van der Waals surface area (Å²) in [5, 5.41) is 3.54. The molecule has 0 unspecified atom stereocenters. The number of ether oxygens (including phenoxy) is 1. The summed E-state index contributed by atoms with van der Waals surface area (Å²) >= 11 is 0. The maximum absolute atomic E-state index is 6.02. The zero-order chi connectivity index (χ0) is 15.2. The van der Waals surface area contributed by atoms with Gasteiger partial charge in [-0.25, -0.2) is 0 Å². The van der Waals surface area contributed by atoms with Crippen molar-refractivity contribution in [3.63, 3.8) is 0 Å². The fourth-order valence-corrected chi connectivity index (χ4v) is 2.37. The molecule has 0 saturated carbocycles. The van der Waals surface area contributed by atoms with Gasteiger partial charge in [0.1, 0.15) is 12.4 Å². The monoisotopic (exact) mass is 277 g/mol. The second-order valence-corrected chi connectivity index (χ2v) is 6.57. The maximum Gasteiger partial charge on any atom is 0.123 e. The highest BCUT2D eigenvalue weighted by atomic mass is 16.5. The molecule has 1 aromatic rings. The first-order valence-corrected chi connectivity index (χ1v) is 7.85. The quantitative estimate of drug-likeness (QED) is 0.743. The molecule has 0 atom stereocenters. The van der Waals surface area contributed by atoms with E-state index in [1.54, 1.807) is 0 Å². The van der Waals surface area contributed by atoms with Gasteiger partial charge in [0.2, 0.25) is 0 Å². The van der Waals surface area contributed by atoms with Crippen molar-refractivity contribution < 1.29 is 4.74 Å². The van der Waals surface area contributed by atoms with E-state index in [0.717, 1.165) is 18.9 Å². The van der Waals surface area contributed by atoms with E-state index in [4.69, 9.17) is 4.74 Å². The lowest BCUT2D eigenvalue weighted by atomic mass is 9.86. The SMILES string of the molecule is CCC(CC)NCCOc1cc(C)ccc1C(C)(C)C. The second kappa shape index (κ2) is 7.68. The van der Waals surface area contributed by atoms with Crippen molar-refractivity contribution in [2.24, 2.45) is 0 Å². The molecule has 0 bridgehead atoms. The third-order valence-electron chi connectivity index (χ3n) is 3.72. The van der Waals surface area contributed by atoms with Gasteiger partial charge in [0.25, 0.3) is 0 Å². The van der Waals surface area contributed by atoms with Crippen molar-refractivity contribution in [3.05, 3.63) is 29.3 Å². The molecule has 0 aromatic heterocycles. The minimum absolute atomic E-state index is 0.117. The van der Waals surface area contributed by atoms with E-state index in [1.165, 1.54) is 24.0 Å². The number of benzene rings is 1. The van der Waals surface area contributed by atoms with Gasteiger partial charge < -0.3 is 10.1 Å². The molecule has 0 aliphatic rings. The second-order valence-electron chi connectivity index (χ2n) is 6.57. The van der Waals surface area contributed by atoms with Crippen LogP contribution in [0.3, 0.4) is 0 Å². The predicted molar refractivity (Wildman–Crippen MR) is 87.7 cm³/mol. The third kappa shape index (κ3) is 5.16. The molecule has 20 heavy (non-hydrogen) atoms. The van der Waals surface area contributed by atoms with E-state index >= 15 is 0 Å². The minimum atomic E-state index is 0.117. The number of rotatable bonds is 7. The lowest BCUT2D eigenvalue weighted by Gasteiger charge is -2.23. The van der Waals surface area contributed by atoms with E-state index < -0.39 is 0 Å². The molecule has 0 saturated heterocycles. The predicted octanol–water partition coefficient (Wildman–Crippen LogP) is 4.45. The first-order valence-electron chi connectivity index (χ1n) is 7.85. The highest BCUT2D eigenvalue weighted by molar-refractivity contribution is 5.41. The molecule has 0 spiro atoms. The van der Waals surface area contributed by atoms with Crippen LogP contribution in [0.1, 0.15) is 58.6 Å². The van der Waals surface area contributed by atoms with Crippen LogP contribution in [0.2, 0.25) is 0 Å². The van der Waals surface area contributed by atoms with Crippen LogP contribution in [0, 0.1) is 6.92 Å². The standard InChI is InChI=1S/C18H31NO/c1-7-15(8-2)19-11-12-20-17-13-14(3)9-10-16(17)18(4,5)6/h9-10,13,15,19H,7-8,11-12H2,1-6H3. The van der Waals surface area contributed by atoms with Crippen molar-refractivity contribution in [3.8, 4) is 5.75 Å². The molecule has 2 heteroatoms. The summed E-state index contributed by atoms with van der Waals surface area (Å²) in [7, 11) is 0. The van der Waals surface area contributed by atoms with Gasteiger partial charge in [0.05, 0.1) is 0 Å². The summed E-state index contributed by atoms with van der Waals surface area (Å²) in [6, 6.07) is 7.12. The summed E-state index contributed by atoms with van der Waals surface area (Å²) in [5.74, 6) is 1.03. The molecular formula is C18H31NO. The largest absolute Gasteiger partial charge is 0.492 e. The highest BCUT2D eigenvalue weighted by Gasteiger charge is 2.18. The molecule has 2 nitrogen and oxygen atoms in total. The van der Waals surface area contributed by atoms with Crippen molar-refractivity contribution in [2.75, 3.05) is 13.2 Å². The molecule has 0 aliphatic carbocycles. The summed E-state index contributed by atoms with van der Waals surface area (Å²) in [4.78, 5) is 0. The van der Waals surface area contributed by atoms with Gasteiger partial charge in [0, 0.05) is 12.6 Å². The van der Waals surface area contributed by atoms with Crippen LogP contribution in [0.4, 0.5) is 0 Å². The fraction of sp³-hybridized carbons (Fsp3) is 0.667. The Morgan fingerprint density at radius 1 is 1.15 bits per heavy atom. The van der Waals surface area contributed by atoms with Gasteiger partial charge in [-0.05, 0) is 42.4 Å². The van der Waals surface area contributed by atoms with Gasteiger partial charge in [-0.2, -0.15) is 0 Å². The average molecular weight is 277 g/mol. The van der Waals surface area contributed by atoms with E-state index in [2.05, 4.69) is 65.1 Å². The molecule has 0 heterocycles.